The lowest BCUT2D eigenvalue weighted by Crippen LogP contribution is -2.36. The Morgan fingerprint density at radius 3 is 2.25 bits per heavy atom. The molecule has 32 heavy (non-hydrogen) atoms. The highest BCUT2D eigenvalue weighted by atomic mass is 16.5. The molecule has 1 amide bonds. The molecule has 2 heterocycles. The van der Waals surface area contributed by atoms with Gasteiger partial charge in [0.1, 0.15) is 11.4 Å². The van der Waals surface area contributed by atoms with Crippen LogP contribution in [-0.4, -0.2) is 29.5 Å². The van der Waals surface area contributed by atoms with E-state index in [0.29, 0.717) is 18.0 Å². The van der Waals surface area contributed by atoms with Crippen molar-refractivity contribution in [2.24, 2.45) is 9.98 Å². The van der Waals surface area contributed by atoms with Crippen LogP contribution in [0.3, 0.4) is 0 Å². The minimum absolute atomic E-state index is 0.162. The second-order valence-electron chi connectivity index (χ2n) is 7.51. The lowest BCUT2D eigenvalue weighted by molar-refractivity contribution is -0.120. The van der Waals surface area contributed by atoms with Crippen LogP contribution in [0.15, 0.2) is 107 Å². The fourth-order valence-corrected chi connectivity index (χ4v) is 3.71. The lowest BCUT2D eigenvalue weighted by atomic mass is 10.1. The van der Waals surface area contributed by atoms with Gasteiger partial charge in [0.2, 0.25) is 0 Å². The molecule has 0 fully saturated rings. The summed E-state index contributed by atoms with van der Waals surface area (Å²) in [5, 5.41) is 0. The summed E-state index contributed by atoms with van der Waals surface area (Å²) in [6, 6.07) is 27.5. The Bertz CT molecular complexity index is 1270. The molecule has 3 aromatic carbocycles. The van der Waals surface area contributed by atoms with Gasteiger partial charge in [-0.2, -0.15) is 0 Å². The van der Waals surface area contributed by atoms with Gasteiger partial charge in [0.25, 0.3) is 5.91 Å². The summed E-state index contributed by atoms with van der Waals surface area (Å²) in [7, 11) is 1.63. The summed E-state index contributed by atoms with van der Waals surface area (Å²) in [6.45, 7) is 0. The van der Waals surface area contributed by atoms with Crippen molar-refractivity contribution in [3.8, 4) is 5.75 Å². The number of carbonyl (C=O) groups is 1. The number of hydrogen-bond donors (Lipinski definition) is 0. The molecule has 0 bridgehead atoms. The predicted octanol–water partition coefficient (Wildman–Crippen LogP) is 4.97. The molecule has 5 heteroatoms. The van der Waals surface area contributed by atoms with Gasteiger partial charge in [-0.1, -0.05) is 72.8 Å². The zero-order valence-corrected chi connectivity index (χ0v) is 17.6. The maximum atomic E-state index is 13.3. The average molecular weight is 419 g/mol. The smallest absolute Gasteiger partial charge is 0.282 e. The zero-order chi connectivity index (χ0) is 21.9. The molecule has 2 aliphatic heterocycles. The number of benzene rings is 3. The van der Waals surface area contributed by atoms with Crippen LogP contribution in [0.4, 0.5) is 0 Å². The number of carbonyl (C=O) groups excluding carboxylic acids is 1. The van der Waals surface area contributed by atoms with Gasteiger partial charge in [-0.05, 0) is 29.3 Å². The van der Waals surface area contributed by atoms with Gasteiger partial charge in [0, 0.05) is 18.2 Å². The SMILES string of the molecule is COc1ccc(/C=C2\N=C3C(Cc4ccccc4)=NC(c4ccccc4)=CN3C2=O)cc1. The molecule has 5 nitrogen and oxygen atoms in total. The highest BCUT2D eigenvalue weighted by molar-refractivity contribution is 6.48. The van der Waals surface area contributed by atoms with Gasteiger partial charge in [-0.25, -0.2) is 9.98 Å². The summed E-state index contributed by atoms with van der Waals surface area (Å²) in [5.41, 5.74) is 4.85. The molecule has 0 atom stereocenters. The number of methoxy groups -OCH3 is 1. The van der Waals surface area contributed by atoms with E-state index in [1.807, 2.05) is 72.8 Å². The molecule has 3 aromatic rings. The molecule has 0 aliphatic carbocycles. The molecule has 0 aromatic heterocycles. The van der Waals surface area contributed by atoms with Crippen LogP contribution in [0.1, 0.15) is 16.7 Å². The van der Waals surface area contributed by atoms with E-state index in [2.05, 4.69) is 17.1 Å². The Morgan fingerprint density at radius 1 is 0.875 bits per heavy atom. The minimum atomic E-state index is -0.162. The topological polar surface area (TPSA) is 54.3 Å². The molecule has 5 rings (SSSR count). The summed E-state index contributed by atoms with van der Waals surface area (Å²) < 4.78 is 5.22. The molecular formula is C27H21N3O2. The first-order valence-corrected chi connectivity index (χ1v) is 10.4. The summed E-state index contributed by atoms with van der Waals surface area (Å²) in [6.07, 6.45) is 4.16. The largest absolute Gasteiger partial charge is 0.497 e. The van der Waals surface area contributed by atoms with Crippen LogP contribution >= 0.6 is 0 Å². The number of nitrogens with zero attached hydrogens (tertiary/aromatic N) is 3. The summed E-state index contributed by atoms with van der Waals surface area (Å²) in [5.74, 6) is 1.18. The Hall–Kier alpha value is -4.25. The number of amides is 1. The first-order chi connectivity index (χ1) is 15.7. The number of rotatable bonds is 5. The molecule has 0 radical (unpaired) electrons. The second-order valence-corrected chi connectivity index (χ2v) is 7.51. The highest BCUT2D eigenvalue weighted by Crippen LogP contribution is 2.29. The maximum Gasteiger partial charge on any atom is 0.282 e. The van der Waals surface area contributed by atoms with E-state index < -0.39 is 0 Å². The third-order valence-electron chi connectivity index (χ3n) is 5.36. The van der Waals surface area contributed by atoms with E-state index >= 15 is 0 Å². The number of ether oxygens (including phenoxy) is 1. The monoisotopic (exact) mass is 419 g/mol. The van der Waals surface area contributed by atoms with Crippen molar-refractivity contribution >= 4 is 29.2 Å². The Kier molecular flexibility index (Phi) is 5.22. The van der Waals surface area contributed by atoms with Gasteiger partial charge < -0.3 is 4.74 Å². The average Bonchev–Trinajstić information content (AvgIpc) is 3.16. The number of fused-ring (bicyclic) bond motifs is 1. The molecule has 0 spiro atoms. The normalized spacial score (nSPS) is 16.4. The van der Waals surface area contributed by atoms with Crippen LogP contribution in [0.5, 0.6) is 5.75 Å². The van der Waals surface area contributed by atoms with Crippen LogP contribution < -0.4 is 4.74 Å². The quantitative estimate of drug-likeness (QED) is 0.548. The van der Waals surface area contributed by atoms with E-state index in [1.54, 1.807) is 24.3 Å². The third-order valence-corrected chi connectivity index (χ3v) is 5.36. The van der Waals surface area contributed by atoms with Crippen LogP contribution in [-0.2, 0) is 11.2 Å². The van der Waals surface area contributed by atoms with E-state index in [-0.39, 0.29) is 5.91 Å². The fourth-order valence-electron chi connectivity index (χ4n) is 3.71. The van der Waals surface area contributed by atoms with Crippen molar-refractivity contribution in [1.29, 1.82) is 0 Å². The van der Waals surface area contributed by atoms with E-state index in [9.17, 15) is 4.79 Å². The van der Waals surface area contributed by atoms with Crippen molar-refractivity contribution < 1.29 is 9.53 Å². The summed E-state index contributed by atoms with van der Waals surface area (Å²) >= 11 is 0. The molecule has 156 valence electrons. The Balaban J connectivity index is 1.55. The molecule has 0 unspecified atom stereocenters. The molecule has 0 N–H and O–H groups in total. The Labute approximate surface area is 186 Å². The van der Waals surface area contributed by atoms with Crippen LogP contribution in [0.2, 0.25) is 0 Å². The minimum Gasteiger partial charge on any atom is -0.497 e. The first kappa shape index (κ1) is 19.7. The van der Waals surface area contributed by atoms with Crippen LogP contribution in [0, 0.1) is 0 Å². The second kappa shape index (κ2) is 8.47. The molecular weight excluding hydrogens is 398 g/mol. The highest BCUT2D eigenvalue weighted by Gasteiger charge is 2.35. The first-order valence-electron chi connectivity index (χ1n) is 10.4. The summed E-state index contributed by atoms with van der Waals surface area (Å²) in [4.78, 5) is 24.5. The van der Waals surface area contributed by atoms with E-state index in [0.717, 1.165) is 33.8 Å². The number of aliphatic imine (C=N–C) groups is 2. The van der Waals surface area contributed by atoms with Crippen molar-refractivity contribution in [2.45, 2.75) is 6.42 Å². The maximum absolute atomic E-state index is 13.3. The van der Waals surface area contributed by atoms with Crippen molar-refractivity contribution in [3.63, 3.8) is 0 Å². The number of amidine groups is 1. The Morgan fingerprint density at radius 2 is 1.56 bits per heavy atom. The molecule has 0 saturated heterocycles. The van der Waals surface area contributed by atoms with Gasteiger partial charge in [0.15, 0.2) is 5.84 Å². The van der Waals surface area contributed by atoms with Crippen LogP contribution in [0.25, 0.3) is 11.8 Å². The van der Waals surface area contributed by atoms with Gasteiger partial charge >= 0.3 is 0 Å². The zero-order valence-electron chi connectivity index (χ0n) is 17.6. The predicted molar refractivity (Wildman–Crippen MR) is 127 cm³/mol. The van der Waals surface area contributed by atoms with Crippen molar-refractivity contribution in [3.05, 3.63) is 114 Å². The standard InChI is InChI=1S/C27H21N3O2/c1-32-22-14-12-20(13-15-22)17-24-27(31)30-18-25(21-10-6-3-7-11-21)28-23(26(30)29-24)16-19-8-4-2-5-9-19/h2-15,17-18H,16H2,1H3/b24-17-. The van der Waals surface area contributed by atoms with Crippen molar-refractivity contribution in [1.82, 2.24) is 4.90 Å². The third kappa shape index (κ3) is 3.88. The molecule has 2 aliphatic rings. The van der Waals surface area contributed by atoms with Gasteiger partial charge in [-0.15, -0.1) is 0 Å². The van der Waals surface area contributed by atoms with Gasteiger partial charge in [0.05, 0.1) is 18.5 Å². The molecule has 0 saturated carbocycles. The number of hydrogen-bond acceptors (Lipinski definition) is 4. The van der Waals surface area contributed by atoms with Gasteiger partial charge in [-0.3, -0.25) is 9.69 Å². The lowest BCUT2D eigenvalue weighted by Gasteiger charge is -2.21. The van der Waals surface area contributed by atoms with Crippen molar-refractivity contribution in [2.75, 3.05) is 7.11 Å². The van der Waals surface area contributed by atoms with E-state index in [4.69, 9.17) is 9.73 Å². The fraction of sp³-hybridized carbons (Fsp3) is 0.0741. The van der Waals surface area contributed by atoms with E-state index in [1.165, 1.54) is 0 Å².